The molecule has 96 valence electrons. The van der Waals surface area contributed by atoms with Gasteiger partial charge in [-0.25, -0.2) is 0 Å². The van der Waals surface area contributed by atoms with Crippen molar-refractivity contribution in [3.05, 3.63) is 23.8 Å². The van der Waals surface area contributed by atoms with E-state index in [0.29, 0.717) is 5.56 Å². The van der Waals surface area contributed by atoms with E-state index in [1.165, 1.54) is 18.2 Å². The number of nitrogens with one attached hydrogen (secondary N) is 1. The fourth-order valence-corrected chi connectivity index (χ4v) is 1.62. The van der Waals surface area contributed by atoms with Gasteiger partial charge in [-0.3, -0.25) is 0 Å². The highest BCUT2D eigenvalue weighted by Crippen LogP contribution is 2.25. The summed E-state index contributed by atoms with van der Waals surface area (Å²) in [6.45, 7) is 3.08. The van der Waals surface area contributed by atoms with Gasteiger partial charge in [0.25, 0.3) is 0 Å². The van der Waals surface area contributed by atoms with E-state index in [0.717, 1.165) is 0 Å². The summed E-state index contributed by atoms with van der Waals surface area (Å²) in [6, 6.07) is 4.06. The maximum atomic E-state index is 9.37. The quantitative estimate of drug-likeness (QED) is 0.517. The second-order valence-corrected chi connectivity index (χ2v) is 4.53. The van der Waals surface area contributed by atoms with Crippen molar-refractivity contribution in [1.29, 1.82) is 0 Å². The van der Waals surface area contributed by atoms with Crippen molar-refractivity contribution in [3.8, 4) is 11.5 Å². The molecule has 0 fully saturated rings. The number of phenols is 2. The van der Waals surface area contributed by atoms with Crippen LogP contribution < -0.4 is 5.32 Å². The Labute approximate surface area is 100 Å². The highest BCUT2D eigenvalue weighted by Gasteiger charge is 2.24. The van der Waals surface area contributed by atoms with Gasteiger partial charge in [-0.2, -0.15) is 0 Å². The third kappa shape index (κ3) is 3.59. The predicted octanol–water partition coefficient (Wildman–Crippen LogP) is 0.492. The smallest absolute Gasteiger partial charge is 0.119 e. The van der Waals surface area contributed by atoms with Crippen molar-refractivity contribution in [2.45, 2.75) is 25.4 Å². The molecule has 0 radical (unpaired) electrons. The second kappa shape index (κ2) is 5.35. The van der Waals surface area contributed by atoms with Crippen LogP contribution in [0.2, 0.25) is 0 Å². The summed E-state index contributed by atoms with van der Waals surface area (Å²) >= 11 is 0. The normalized spacial score (nSPS) is 13.6. The Kier molecular flexibility index (Phi) is 4.34. The summed E-state index contributed by atoms with van der Waals surface area (Å²) in [6.07, 6.45) is 0. The second-order valence-electron chi connectivity index (χ2n) is 4.53. The zero-order chi connectivity index (χ0) is 13.1. The molecule has 5 nitrogen and oxygen atoms in total. The van der Waals surface area contributed by atoms with Crippen molar-refractivity contribution in [1.82, 2.24) is 5.32 Å². The minimum atomic E-state index is -0.805. The molecular weight excluding hydrogens is 222 g/mol. The van der Waals surface area contributed by atoms with Crippen molar-refractivity contribution in [3.63, 3.8) is 0 Å². The standard InChI is InChI=1S/C12H19NO4/c1-8(13-12(2,6-14)7-15)9-3-10(16)5-11(17)4-9/h3-5,8,13-17H,6-7H2,1-2H3. The van der Waals surface area contributed by atoms with E-state index < -0.39 is 5.54 Å². The summed E-state index contributed by atoms with van der Waals surface area (Å²) in [5.74, 6) is -0.0494. The van der Waals surface area contributed by atoms with E-state index in [2.05, 4.69) is 5.32 Å². The van der Waals surface area contributed by atoms with Gasteiger partial charge in [0.2, 0.25) is 0 Å². The lowest BCUT2D eigenvalue weighted by Gasteiger charge is -2.30. The Bertz CT molecular complexity index is 357. The molecule has 1 rings (SSSR count). The molecule has 1 aromatic carbocycles. The molecule has 0 aromatic heterocycles. The van der Waals surface area contributed by atoms with Crippen LogP contribution >= 0.6 is 0 Å². The van der Waals surface area contributed by atoms with Gasteiger partial charge in [0, 0.05) is 12.1 Å². The minimum Gasteiger partial charge on any atom is -0.508 e. The number of benzene rings is 1. The van der Waals surface area contributed by atoms with E-state index in [9.17, 15) is 10.2 Å². The molecule has 1 atom stereocenters. The molecule has 0 aliphatic carbocycles. The topological polar surface area (TPSA) is 93.0 Å². The Morgan fingerprint density at radius 2 is 1.59 bits per heavy atom. The van der Waals surface area contributed by atoms with Gasteiger partial charge in [0.1, 0.15) is 11.5 Å². The first kappa shape index (κ1) is 13.8. The molecule has 0 aliphatic rings. The van der Waals surface area contributed by atoms with Crippen LogP contribution in [0.3, 0.4) is 0 Å². The predicted molar refractivity (Wildman–Crippen MR) is 63.9 cm³/mol. The molecule has 0 aliphatic heterocycles. The summed E-state index contributed by atoms with van der Waals surface area (Å²) < 4.78 is 0. The highest BCUT2D eigenvalue weighted by molar-refractivity contribution is 5.38. The molecule has 0 bridgehead atoms. The third-order valence-electron chi connectivity index (χ3n) is 2.69. The van der Waals surface area contributed by atoms with E-state index in [-0.39, 0.29) is 30.8 Å². The first-order valence-electron chi connectivity index (χ1n) is 5.42. The molecule has 0 saturated carbocycles. The van der Waals surface area contributed by atoms with Gasteiger partial charge in [-0.05, 0) is 31.5 Å². The van der Waals surface area contributed by atoms with Crippen LogP contribution in [-0.4, -0.2) is 39.2 Å². The first-order valence-corrected chi connectivity index (χ1v) is 5.42. The summed E-state index contributed by atoms with van der Waals surface area (Å²) in [7, 11) is 0. The SMILES string of the molecule is CC(NC(C)(CO)CO)c1cc(O)cc(O)c1. The Morgan fingerprint density at radius 1 is 1.12 bits per heavy atom. The number of hydrogen-bond acceptors (Lipinski definition) is 5. The zero-order valence-electron chi connectivity index (χ0n) is 10.0. The summed E-state index contributed by atoms with van der Waals surface area (Å²) in [5, 5.41) is 40.1. The minimum absolute atomic E-state index is 0.0247. The van der Waals surface area contributed by atoms with Gasteiger partial charge < -0.3 is 25.7 Å². The monoisotopic (exact) mass is 241 g/mol. The Hall–Kier alpha value is -1.30. The molecule has 0 heterocycles. The van der Waals surface area contributed by atoms with Gasteiger partial charge in [-0.15, -0.1) is 0 Å². The van der Waals surface area contributed by atoms with Crippen molar-refractivity contribution in [2.75, 3.05) is 13.2 Å². The average Bonchev–Trinajstić information content (AvgIpc) is 2.27. The van der Waals surface area contributed by atoms with Crippen molar-refractivity contribution < 1.29 is 20.4 Å². The van der Waals surface area contributed by atoms with Crippen LogP contribution in [0.5, 0.6) is 11.5 Å². The summed E-state index contributed by atoms with van der Waals surface area (Å²) in [4.78, 5) is 0. The van der Waals surface area contributed by atoms with Gasteiger partial charge >= 0.3 is 0 Å². The number of aliphatic hydroxyl groups is 2. The van der Waals surface area contributed by atoms with E-state index in [1.807, 2.05) is 6.92 Å². The molecular formula is C12H19NO4. The van der Waals surface area contributed by atoms with Crippen LogP contribution in [0.15, 0.2) is 18.2 Å². The average molecular weight is 241 g/mol. The maximum Gasteiger partial charge on any atom is 0.119 e. The van der Waals surface area contributed by atoms with Crippen molar-refractivity contribution in [2.24, 2.45) is 0 Å². The molecule has 5 heteroatoms. The fourth-order valence-electron chi connectivity index (χ4n) is 1.62. The molecule has 17 heavy (non-hydrogen) atoms. The van der Waals surface area contributed by atoms with E-state index in [1.54, 1.807) is 6.92 Å². The summed E-state index contributed by atoms with van der Waals surface area (Å²) in [5.41, 5.74) is -0.129. The fraction of sp³-hybridized carbons (Fsp3) is 0.500. The van der Waals surface area contributed by atoms with Crippen LogP contribution in [0.25, 0.3) is 0 Å². The Balaban J connectivity index is 2.85. The number of phenolic OH excluding ortho intramolecular Hbond substituents is 2. The molecule has 1 aromatic rings. The molecule has 0 amide bonds. The van der Waals surface area contributed by atoms with Crippen LogP contribution in [0.1, 0.15) is 25.5 Å². The van der Waals surface area contributed by atoms with Gasteiger partial charge in [-0.1, -0.05) is 0 Å². The maximum absolute atomic E-state index is 9.37. The number of hydrogen-bond donors (Lipinski definition) is 5. The Morgan fingerprint density at radius 3 is 2.00 bits per heavy atom. The molecule has 1 unspecified atom stereocenters. The van der Waals surface area contributed by atoms with E-state index in [4.69, 9.17) is 10.2 Å². The third-order valence-corrected chi connectivity index (χ3v) is 2.69. The zero-order valence-corrected chi connectivity index (χ0v) is 10.0. The lowest BCUT2D eigenvalue weighted by molar-refractivity contribution is 0.0957. The van der Waals surface area contributed by atoms with Gasteiger partial charge in [0.05, 0.1) is 18.8 Å². The lowest BCUT2D eigenvalue weighted by Crippen LogP contribution is -2.49. The number of aliphatic hydroxyl groups excluding tert-OH is 2. The van der Waals surface area contributed by atoms with Crippen LogP contribution in [0.4, 0.5) is 0 Å². The largest absolute Gasteiger partial charge is 0.508 e. The van der Waals surface area contributed by atoms with Crippen molar-refractivity contribution >= 4 is 0 Å². The van der Waals surface area contributed by atoms with Crippen LogP contribution in [0, 0.1) is 0 Å². The first-order chi connectivity index (χ1) is 7.90. The molecule has 0 spiro atoms. The van der Waals surface area contributed by atoms with Gasteiger partial charge in [0.15, 0.2) is 0 Å². The molecule has 0 saturated heterocycles. The molecule has 5 N–H and O–H groups in total. The number of aromatic hydroxyl groups is 2. The number of rotatable bonds is 5. The van der Waals surface area contributed by atoms with E-state index >= 15 is 0 Å². The lowest BCUT2D eigenvalue weighted by atomic mass is 10.0. The van der Waals surface area contributed by atoms with Crippen LogP contribution in [-0.2, 0) is 0 Å². The highest BCUT2D eigenvalue weighted by atomic mass is 16.3.